The van der Waals surface area contributed by atoms with Crippen LogP contribution in [0.4, 0.5) is 0 Å². The highest BCUT2D eigenvalue weighted by Gasteiger charge is 2.30. The third-order valence-electron chi connectivity index (χ3n) is 3.56. The number of nitrogens with zero attached hydrogens (tertiary/aromatic N) is 2. The first kappa shape index (κ1) is 13.5. The van der Waals surface area contributed by atoms with Gasteiger partial charge in [0.1, 0.15) is 0 Å². The summed E-state index contributed by atoms with van der Waals surface area (Å²) < 4.78 is 5.31. The van der Waals surface area contributed by atoms with Crippen LogP contribution in [-0.2, 0) is 17.7 Å². The first-order valence-electron chi connectivity index (χ1n) is 6.68. The van der Waals surface area contributed by atoms with Crippen molar-refractivity contribution in [3.05, 3.63) is 29.6 Å². The summed E-state index contributed by atoms with van der Waals surface area (Å²) in [4.78, 5) is 6.70. The van der Waals surface area contributed by atoms with Crippen LogP contribution in [0.15, 0.2) is 18.3 Å². The molecule has 0 unspecified atom stereocenters. The molecular weight excluding hydrogens is 228 g/mol. The Bertz CT molecular complexity index is 367. The number of rotatable bonds is 5. The van der Waals surface area contributed by atoms with E-state index in [0.29, 0.717) is 13.2 Å². The van der Waals surface area contributed by atoms with Crippen molar-refractivity contribution >= 4 is 0 Å². The number of likely N-dealkylation sites (N-methyl/N-ethyl adjacent to an activating group) is 1. The molecule has 0 aromatic carbocycles. The molecule has 0 aliphatic carbocycles. The Morgan fingerprint density at radius 3 is 2.72 bits per heavy atom. The Labute approximate surface area is 109 Å². The van der Waals surface area contributed by atoms with Gasteiger partial charge < -0.3 is 9.84 Å². The molecule has 2 atom stereocenters. The van der Waals surface area contributed by atoms with Gasteiger partial charge in [-0.25, -0.2) is 0 Å². The van der Waals surface area contributed by atoms with Gasteiger partial charge in [-0.1, -0.05) is 19.9 Å². The van der Waals surface area contributed by atoms with Gasteiger partial charge in [0.25, 0.3) is 0 Å². The topological polar surface area (TPSA) is 45.6 Å². The quantitative estimate of drug-likeness (QED) is 0.853. The van der Waals surface area contributed by atoms with E-state index in [-0.39, 0.29) is 12.1 Å². The number of hydrogen-bond acceptors (Lipinski definition) is 4. The van der Waals surface area contributed by atoms with E-state index in [9.17, 15) is 5.11 Å². The van der Waals surface area contributed by atoms with Gasteiger partial charge in [-0.05, 0) is 24.6 Å². The Hall–Kier alpha value is -0.970. The average molecular weight is 250 g/mol. The van der Waals surface area contributed by atoms with E-state index in [4.69, 9.17) is 4.74 Å². The summed E-state index contributed by atoms with van der Waals surface area (Å²) in [5, 5.41) is 9.86. The van der Waals surface area contributed by atoms with Gasteiger partial charge in [0, 0.05) is 12.7 Å². The Morgan fingerprint density at radius 1 is 1.39 bits per heavy atom. The standard InChI is InChI=1S/C14H22N2O2/c1-3-11-5-6-12(15-7-11)8-16(4-2)13-9-18-10-14(13)17/h5-7,13-14,17H,3-4,8-10H2,1-2H3/t13-,14-/m0/s1. The first-order valence-corrected chi connectivity index (χ1v) is 6.68. The number of aliphatic hydroxyl groups is 1. The van der Waals surface area contributed by atoms with Crippen LogP contribution in [0.3, 0.4) is 0 Å². The van der Waals surface area contributed by atoms with Crippen molar-refractivity contribution in [3.8, 4) is 0 Å². The summed E-state index contributed by atoms with van der Waals surface area (Å²) >= 11 is 0. The molecule has 0 bridgehead atoms. The monoisotopic (exact) mass is 250 g/mol. The molecule has 0 amide bonds. The van der Waals surface area contributed by atoms with Gasteiger partial charge in [0.05, 0.1) is 31.1 Å². The predicted octanol–water partition coefficient (Wildman–Crippen LogP) is 1.23. The molecule has 0 saturated carbocycles. The molecule has 18 heavy (non-hydrogen) atoms. The van der Waals surface area contributed by atoms with Gasteiger partial charge in [0.15, 0.2) is 0 Å². The van der Waals surface area contributed by atoms with E-state index in [1.54, 1.807) is 0 Å². The Morgan fingerprint density at radius 2 is 2.22 bits per heavy atom. The molecule has 2 heterocycles. The molecule has 0 spiro atoms. The molecule has 1 aromatic heterocycles. The minimum atomic E-state index is -0.375. The highest BCUT2D eigenvalue weighted by molar-refractivity contribution is 5.14. The van der Waals surface area contributed by atoms with Gasteiger partial charge in [-0.3, -0.25) is 9.88 Å². The summed E-state index contributed by atoms with van der Waals surface area (Å²) in [5.41, 5.74) is 2.30. The molecule has 4 heteroatoms. The molecule has 4 nitrogen and oxygen atoms in total. The van der Waals surface area contributed by atoms with E-state index >= 15 is 0 Å². The van der Waals surface area contributed by atoms with E-state index in [1.165, 1.54) is 5.56 Å². The van der Waals surface area contributed by atoms with Crippen LogP contribution in [-0.4, -0.2) is 46.9 Å². The Balaban J connectivity index is 2.00. The molecule has 1 aromatic rings. The first-order chi connectivity index (χ1) is 8.74. The fraction of sp³-hybridized carbons (Fsp3) is 0.643. The van der Waals surface area contributed by atoms with Crippen molar-refractivity contribution in [1.82, 2.24) is 9.88 Å². The van der Waals surface area contributed by atoms with Gasteiger partial charge in [-0.2, -0.15) is 0 Å². The molecule has 1 aliphatic heterocycles. The third-order valence-corrected chi connectivity index (χ3v) is 3.56. The summed E-state index contributed by atoms with van der Waals surface area (Å²) in [5.74, 6) is 0. The molecule has 1 saturated heterocycles. The molecule has 2 rings (SSSR count). The number of aromatic nitrogens is 1. The lowest BCUT2D eigenvalue weighted by Crippen LogP contribution is -2.42. The molecule has 100 valence electrons. The molecule has 1 fully saturated rings. The highest BCUT2D eigenvalue weighted by atomic mass is 16.5. The van der Waals surface area contributed by atoms with Gasteiger partial charge >= 0.3 is 0 Å². The Kier molecular flexibility index (Phi) is 4.69. The summed E-state index contributed by atoms with van der Waals surface area (Å²) in [6, 6.07) is 4.30. The van der Waals surface area contributed by atoms with Crippen molar-refractivity contribution in [2.45, 2.75) is 39.0 Å². The van der Waals surface area contributed by atoms with Crippen molar-refractivity contribution in [2.75, 3.05) is 19.8 Å². The minimum Gasteiger partial charge on any atom is -0.389 e. The van der Waals surface area contributed by atoms with Crippen LogP contribution in [0, 0.1) is 0 Å². The lowest BCUT2D eigenvalue weighted by atomic mass is 10.1. The number of ether oxygens (including phenoxy) is 1. The van der Waals surface area contributed by atoms with Crippen molar-refractivity contribution in [2.24, 2.45) is 0 Å². The van der Waals surface area contributed by atoms with Crippen molar-refractivity contribution in [3.63, 3.8) is 0 Å². The maximum atomic E-state index is 9.86. The fourth-order valence-corrected chi connectivity index (χ4v) is 2.31. The second kappa shape index (κ2) is 6.27. The normalized spacial score (nSPS) is 23.8. The van der Waals surface area contributed by atoms with Crippen LogP contribution in [0.5, 0.6) is 0 Å². The predicted molar refractivity (Wildman–Crippen MR) is 70.3 cm³/mol. The van der Waals surface area contributed by atoms with E-state index in [0.717, 1.165) is 25.2 Å². The molecule has 0 radical (unpaired) electrons. The second-order valence-corrected chi connectivity index (χ2v) is 4.75. The maximum absolute atomic E-state index is 9.86. The van der Waals surface area contributed by atoms with Crippen LogP contribution < -0.4 is 0 Å². The lowest BCUT2D eigenvalue weighted by molar-refractivity contribution is 0.0801. The third kappa shape index (κ3) is 3.07. The van der Waals surface area contributed by atoms with Crippen LogP contribution in [0.2, 0.25) is 0 Å². The number of pyridine rings is 1. The summed E-state index contributed by atoms with van der Waals surface area (Å²) in [6.45, 7) is 6.95. The lowest BCUT2D eigenvalue weighted by Gasteiger charge is -2.28. The van der Waals surface area contributed by atoms with E-state index < -0.39 is 0 Å². The average Bonchev–Trinajstić information content (AvgIpc) is 2.83. The van der Waals surface area contributed by atoms with Crippen molar-refractivity contribution < 1.29 is 9.84 Å². The summed E-state index contributed by atoms with van der Waals surface area (Å²) in [7, 11) is 0. The van der Waals surface area contributed by atoms with Gasteiger partial charge in [0.2, 0.25) is 0 Å². The van der Waals surface area contributed by atoms with Crippen molar-refractivity contribution in [1.29, 1.82) is 0 Å². The van der Waals surface area contributed by atoms with Crippen LogP contribution in [0.1, 0.15) is 25.1 Å². The minimum absolute atomic E-state index is 0.0997. The highest BCUT2D eigenvalue weighted by Crippen LogP contribution is 2.15. The number of aliphatic hydroxyl groups excluding tert-OH is 1. The largest absolute Gasteiger partial charge is 0.389 e. The smallest absolute Gasteiger partial charge is 0.0950 e. The summed E-state index contributed by atoms with van der Waals surface area (Å²) in [6.07, 6.45) is 2.57. The van der Waals surface area contributed by atoms with Gasteiger partial charge in [-0.15, -0.1) is 0 Å². The zero-order valence-corrected chi connectivity index (χ0v) is 11.2. The van der Waals surface area contributed by atoms with Crippen LogP contribution in [0.25, 0.3) is 0 Å². The SMILES string of the molecule is CCc1ccc(CN(CC)[C@H]2COC[C@@H]2O)nc1. The molecular formula is C14H22N2O2. The maximum Gasteiger partial charge on any atom is 0.0950 e. The zero-order chi connectivity index (χ0) is 13.0. The second-order valence-electron chi connectivity index (χ2n) is 4.75. The van der Waals surface area contributed by atoms with Crippen LogP contribution >= 0.6 is 0 Å². The van der Waals surface area contributed by atoms with E-state index in [2.05, 4.69) is 35.9 Å². The fourth-order valence-electron chi connectivity index (χ4n) is 2.31. The molecule has 1 N–H and O–H groups in total. The number of hydrogen-bond donors (Lipinski definition) is 1. The zero-order valence-electron chi connectivity index (χ0n) is 11.2. The van der Waals surface area contributed by atoms with E-state index in [1.807, 2.05) is 6.20 Å². The number of aryl methyl sites for hydroxylation is 1. The molecule has 1 aliphatic rings.